The maximum atomic E-state index is 5.93. The molecular weight excluding hydrogens is 192 g/mol. The monoisotopic (exact) mass is 208 g/mol. The molecule has 1 spiro atoms. The Morgan fingerprint density at radius 1 is 1.60 bits per heavy atom. The van der Waals surface area contributed by atoms with Crippen LogP contribution in [0.2, 0.25) is 0 Å². The average Bonchev–Trinajstić information content (AvgIpc) is 2.62. The van der Waals surface area contributed by atoms with Crippen LogP contribution < -0.4 is 10.6 Å². The Morgan fingerprint density at radius 3 is 3.07 bits per heavy atom. The van der Waals surface area contributed by atoms with Crippen molar-refractivity contribution in [2.24, 2.45) is 7.05 Å². The molecule has 0 amide bonds. The summed E-state index contributed by atoms with van der Waals surface area (Å²) in [6.07, 6.45) is 1.84. The number of aryl methyl sites for hydroxylation is 1. The van der Waals surface area contributed by atoms with E-state index >= 15 is 0 Å². The molecule has 2 aliphatic rings. The fourth-order valence-electron chi connectivity index (χ4n) is 2.45. The summed E-state index contributed by atoms with van der Waals surface area (Å²) in [6, 6.07) is 2.33. The third-order valence-electron chi connectivity index (χ3n) is 3.37. The molecule has 2 N–H and O–H groups in total. The molecule has 1 atom stereocenters. The summed E-state index contributed by atoms with van der Waals surface area (Å²) >= 11 is 0. The molecule has 1 unspecified atom stereocenters. The van der Waals surface area contributed by atoms with Crippen molar-refractivity contribution in [2.45, 2.75) is 11.6 Å². The molecule has 2 saturated heterocycles. The van der Waals surface area contributed by atoms with E-state index in [0.717, 1.165) is 26.2 Å². The first kappa shape index (κ1) is 9.33. The number of rotatable bonds is 1. The highest BCUT2D eigenvalue weighted by atomic mass is 16.5. The highest BCUT2D eigenvalue weighted by Gasteiger charge is 2.48. The Balaban J connectivity index is 1.92. The van der Waals surface area contributed by atoms with Crippen LogP contribution >= 0.6 is 0 Å². The lowest BCUT2D eigenvalue weighted by molar-refractivity contribution is -0.130. The van der Waals surface area contributed by atoms with Crippen molar-refractivity contribution in [3.63, 3.8) is 0 Å². The predicted molar refractivity (Wildman–Crippen MR) is 55.5 cm³/mol. The van der Waals surface area contributed by atoms with E-state index < -0.39 is 0 Å². The van der Waals surface area contributed by atoms with Gasteiger partial charge in [0.2, 0.25) is 0 Å². The maximum Gasteiger partial charge on any atom is 0.114 e. The normalized spacial score (nSPS) is 29.0. The van der Waals surface area contributed by atoms with Crippen LogP contribution in [0, 0.1) is 0 Å². The van der Waals surface area contributed by atoms with Gasteiger partial charge in [-0.05, 0) is 6.07 Å². The SMILES string of the molecule is Cn1nccc1C1NCCOC12CNC2. The molecule has 5 heteroatoms. The quantitative estimate of drug-likeness (QED) is 0.648. The summed E-state index contributed by atoms with van der Waals surface area (Å²) in [5, 5.41) is 11.0. The first-order chi connectivity index (χ1) is 7.32. The van der Waals surface area contributed by atoms with Crippen molar-refractivity contribution in [1.29, 1.82) is 0 Å². The van der Waals surface area contributed by atoms with Gasteiger partial charge in [0.1, 0.15) is 5.60 Å². The maximum absolute atomic E-state index is 5.93. The van der Waals surface area contributed by atoms with Gasteiger partial charge in [0.05, 0.1) is 18.3 Å². The number of morpholine rings is 1. The number of ether oxygens (including phenoxy) is 1. The van der Waals surface area contributed by atoms with Gasteiger partial charge in [0.15, 0.2) is 0 Å². The van der Waals surface area contributed by atoms with Gasteiger partial charge in [0, 0.05) is 32.9 Å². The lowest BCUT2D eigenvalue weighted by atomic mass is 9.84. The lowest BCUT2D eigenvalue weighted by Crippen LogP contribution is -2.69. The van der Waals surface area contributed by atoms with Crippen molar-refractivity contribution >= 4 is 0 Å². The van der Waals surface area contributed by atoms with Gasteiger partial charge in [0.25, 0.3) is 0 Å². The highest BCUT2D eigenvalue weighted by Crippen LogP contribution is 2.34. The molecule has 0 saturated carbocycles. The van der Waals surface area contributed by atoms with E-state index in [9.17, 15) is 0 Å². The number of hydrogen-bond acceptors (Lipinski definition) is 4. The Bertz CT molecular complexity index is 358. The standard InChI is InChI=1S/C10H16N4O/c1-14-8(2-3-13-14)9-10(6-11-7-10)15-5-4-12-9/h2-3,9,11-12H,4-7H2,1H3. The minimum atomic E-state index is -0.0496. The summed E-state index contributed by atoms with van der Waals surface area (Å²) in [6.45, 7) is 3.57. The zero-order valence-corrected chi connectivity index (χ0v) is 8.86. The van der Waals surface area contributed by atoms with Crippen LogP contribution in [0.15, 0.2) is 12.3 Å². The van der Waals surface area contributed by atoms with Crippen molar-refractivity contribution in [3.05, 3.63) is 18.0 Å². The summed E-state index contributed by atoms with van der Waals surface area (Å²) < 4.78 is 7.85. The third-order valence-corrected chi connectivity index (χ3v) is 3.37. The molecular formula is C10H16N4O. The zero-order chi connectivity index (χ0) is 10.3. The minimum Gasteiger partial charge on any atom is -0.369 e. The van der Waals surface area contributed by atoms with Gasteiger partial charge >= 0.3 is 0 Å². The summed E-state index contributed by atoms with van der Waals surface area (Å²) in [5.41, 5.74) is 1.16. The number of aromatic nitrogens is 2. The molecule has 2 fully saturated rings. The fourth-order valence-corrected chi connectivity index (χ4v) is 2.45. The number of nitrogens with one attached hydrogen (secondary N) is 2. The van der Waals surface area contributed by atoms with Gasteiger partial charge in [-0.3, -0.25) is 4.68 Å². The van der Waals surface area contributed by atoms with E-state index in [-0.39, 0.29) is 11.6 Å². The van der Waals surface area contributed by atoms with E-state index in [0.29, 0.717) is 0 Å². The Kier molecular flexibility index (Phi) is 2.05. The molecule has 1 aromatic heterocycles. The average molecular weight is 208 g/mol. The largest absolute Gasteiger partial charge is 0.369 e. The van der Waals surface area contributed by atoms with Gasteiger partial charge in [-0.1, -0.05) is 0 Å². The Morgan fingerprint density at radius 2 is 2.47 bits per heavy atom. The molecule has 82 valence electrons. The van der Waals surface area contributed by atoms with Gasteiger partial charge in [-0.2, -0.15) is 5.10 Å². The number of nitrogens with zero attached hydrogens (tertiary/aromatic N) is 2. The van der Waals surface area contributed by atoms with Crippen molar-refractivity contribution < 1.29 is 4.74 Å². The van der Waals surface area contributed by atoms with Crippen LogP contribution in [0.25, 0.3) is 0 Å². The van der Waals surface area contributed by atoms with Crippen LogP contribution in [-0.4, -0.2) is 41.6 Å². The van der Waals surface area contributed by atoms with E-state index in [1.54, 1.807) is 0 Å². The van der Waals surface area contributed by atoms with Crippen LogP contribution in [0.4, 0.5) is 0 Å². The van der Waals surface area contributed by atoms with Crippen molar-refractivity contribution in [1.82, 2.24) is 20.4 Å². The first-order valence-corrected chi connectivity index (χ1v) is 5.38. The van der Waals surface area contributed by atoms with E-state index in [4.69, 9.17) is 4.74 Å². The lowest BCUT2D eigenvalue weighted by Gasteiger charge is -2.50. The Hall–Kier alpha value is -0.910. The van der Waals surface area contributed by atoms with Gasteiger partial charge in [-0.15, -0.1) is 0 Å². The summed E-state index contributed by atoms with van der Waals surface area (Å²) in [7, 11) is 1.98. The Labute approximate surface area is 88.8 Å². The zero-order valence-electron chi connectivity index (χ0n) is 8.86. The summed E-state index contributed by atoms with van der Waals surface area (Å²) in [4.78, 5) is 0. The topological polar surface area (TPSA) is 51.1 Å². The van der Waals surface area contributed by atoms with Crippen LogP contribution in [0.3, 0.4) is 0 Å². The van der Waals surface area contributed by atoms with Crippen molar-refractivity contribution in [2.75, 3.05) is 26.2 Å². The minimum absolute atomic E-state index is 0.0496. The number of hydrogen-bond donors (Lipinski definition) is 2. The smallest absolute Gasteiger partial charge is 0.114 e. The molecule has 0 aromatic carbocycles. The van der Waals surface area contributed by atoms with Gasteiger partial charge in [-0.25, -0.2) is 0 Å². The van der Waals surface area contributed by atoms with E-state index in [1.165, 1.54) is 5.69 Å². The molecule has 2 aliphatic heterocycles. The molecule has 0 aliphatic carbocycles. The second kappa shape index (κ2) is 3.30. The molecule has 5 nitrogen and oxygen atoms in total. The molecule has 0 radical (unpaired) electrons. The van der Waals surface area contributed by atoms with Crippen LogP contribution in [-0.2, 0) is 11.8 Å². The predicted octanol–water partition coefficient (Wildman–Crippen LogP) is -0.577. The fraction of sp³-hybridized carbons (Fsp3) is 0.700. The highest BCUT2D eigenvalue weighted by molar-refractivity contribution is 5.18. The summed E-state index contributed by atoms with van der Waals surface area (Å²) in [5.74, 6) is 0. The molecule has 0 bridgehead atoms. The van der Waals surface area contributed by atoms with Crippen LogP contribution in [0.5, 0.6) is 0 Å². The second-order valence-electron chi connectivity index (χ2n) is 4.28. The van der Waals surface area contributed by atoms with Crippen LogP contribution in [0.1, 0.15) is 11.7 Å². The second-order valence-corrected chi connectivity index (χ2v) is 4.28. The molecule has 3 heterocycles. The van der Waals surface area contributed by atoms with Gasteiger partial charge < -0.3 is 15.4 Å². The first-order valence-electron chi connectivity index (χ1n) is 5.38. The molecule has 15 heavy (non-hydrogen) atoms. The molecule has 1 aromatic rings. The van der Waals surface area contributed by atoms with Crippen molar-refractivity contribution in [3.8, 4) is 0 Å². The van der Waals surface area contributed by atoms with E-state index in [1.807, 2.05) is 17.9 Å². The third kappa shape index (κ3) is 1.31. The van der Waals surface area contributed by atoms with E-state index in [2.05, 4.69) is 21.8 Å². The molecule has 3 rings (SSSR count).